The average molecular weight is 1390 g/mol. The predicted molar refractivity (Wildman–Crippen MR) is 389 cm³/mol. The fraction of sp³-hybridized carbons (Fsp3) is 0.825. The average Bonchev–Trinajstić information content (AvgIpc) is 4.34. The van der Waals surface area contributed by atoms with Gasteiger partial charge in [-0.05, 0) is 206 Å². The highest BCUT2D eigenvalue weighted by molar-refractivity contribution is 6.89. The number of esters is 3. The molecule has 17 nitrogen and oxygen atoms in total. The molecule has 0 spiro atoms. The molecule has 3 fully saturated rings. The minimum atomic E-state index is -1.49. The minimum Gasteiger partial charge on any atom is -0.502 e. The Balaban J connectivity index is -0.000000301. The van der Waals surface area contributed by atoms with Crippen molar-refractivity contribution in [3.63, 3.8) is 0 Å². The van der Waals surface area contributed by atoms with Crippen LogP contribution in [-0.4, -0.2) is 192 Å². The molecule has 2 unspecified atom stereocenters. The fourth-order valence-corrected chi connectivity index (χ4v) is 24.4. The van der Waals surface area contributed by atoms with Crippen molar-refractivity contribution in [2.75, 3.05) is 95.5 Å². The van der Waals surface area contributed by atoms with E-state index in [0.717, 1.165) is 89.7 Å². The van der Waals surface area contributed by atoms with E-state index in [0.29, 0.717) is 43.2 Å². The topological polar surface area (TPSA) is 187 Å². The Hall–Kier alpha value is -1.49. The second-order valence-electron chi connectivity index (χ2n) is 27.5. The Morgan fingerprint density at radius 1 is 0.489 bits per heavy atom. The maximum atomic E-state index is 11.0. The lowest BCUT2D eigenvalue weighted by Crippen LogP contribution is -2.33. The molecule has 0 aliphatic carbocycles. The van der Waals surface area contributed by atoms with E-state index in [9.17, 15) is 14.4 Å². The number of rotatable bonds is 36. The maximum Gasteiger partial charge on any atom is 0.333 e. The molecule has 0 amide bonds. The summed E-state index contributed by atoms with van der Waals surface area (Å²) < 4.78 is 73.3. The SMILES string of the molecule is C=C(C)C(=O)OCCCC.C=C(C)C(=O)OCCC[Si](C)(C)OC.C=CC(=O)OCCC[Si](C)(C)OC.C=COCCC[Si](C)(C)OC.CO[Si](C)(C)C.CO[Si](C)(C)CCCCC1CO1.CO[Si](C)(C)CCCOCC1CO1.C[Si]1(C)CC[Si](C)(C)O1. The largest absolute Gasteiger partial charge is 0.502 e. The van der Waals surface area contributed by atoms with Crippen molar-refractivity contribution in [1.29, 1.82) is 0 Å². The van der Waals surface area contributed by atoms with Gasteiger partial charge < -0.3 is 63.8 Å². The monoisotopic (exact) mass is 1390 g/mol. The first-order chi connectivity index (χ1) is 40.5. The van der Waals surface area contributed by atoms with Crippen LogP contribution in [0.1, 0.15) is 78.6 Å². The Bertz CT molecular complexity index is 1810. The van der Waals surface area contributed by atoms with E-state index in [-0.39, 0.29) is 17.9 Å². The van der Waals surface area contributed by atoms with E-state index in [1.54, 1.807) is 42.3 Å². The summed E-state index contributed by atoms with van der Waals surface area (Å²) in [6.07, 6.45) is 13.4. The summed E-state index contributed by atoms with van der Waals surface area (Å²) in [6.45, 7) is 62.6. The van der Waals surface area contributed by atoms with E-state index in [2.05, 4.69) is 145 Å². The van der Waals surface area contributed by atoms with Gasteiger partial charge in [0, 0.05) is 66.5 Å². The number of unbranched alkanes of at least 4 members (excludes halogenated alkanes) is 2. The van der Waals surface area contributed by atoms with Crippen molar-refractivity contribution in [1.82, 2.24) is 0 Å². The predicted octanol–water partition coefficient (Wildman–Crippen LogP) is 16.5. The van der Waals surface area contributed by atoms with Gasteiger partial charge in [0.05, 0.1) is 58.6 Å². The van der Waals surface area contributed by atoms with Crippen LogP contribution in [0.25, 0.3) is 0 Å². The van der Waals surface area contributed by atoms with Crippen LogP contribution in [0.2, 0.25) is 154 Å². The Labute approximate surface area is 549 Å². The third-order valence-electron chi connectivity index (χ3n) is 14.1. The van der Waals surface area contributed by atoms with Gasteiger partial charge >= 0.3 is 17.9 Å². The zero-order valence-corrected chi connectivity index (χ0v) is 69.5. The molecule has 0 aromatic rings. The van der Waals surface area contributed by atoms with Crippen molar-refractivity contribution in [2.45, 2.75) is 244 Å². The van der Waals surface area contributed by atoms with Gasteiger partial charge in [-0.2, -0.15) is 0 Å². The summed E-state index contributed by atoms with van der Waals surface area (Å²) in [5, 5.41) is 0. The summed E-state index contributed by atoms with van der Waals surface area (Å²) >= 11 is 0. The number of hydrogen-bond donors (Lipinski definition) is 0. The smallest absolute Gasteiger partial charge is 0.333 e. The van der Waals surface area contributed by atoms with Gasteiger partial charge in [0.1, 0.15) is 6.10 Å². The van der Waals surface area contributed by atoms with Crippen molar-refractivity contribution >= 4 is 84.4 Å². The lowest BCUT2D eigenvalue weighted by atomic mass is 10.2. The fourth-order valence-electron chi connectivity index (χ4n) is 6.71. The second-order valence-corrected chi connectivity index (χ2v) is 63.1. The molecule has 2 atom stereocenters. The third-order valence-corrected chi connectivity index (χ3v) is 36.4. The molecule has 3 aliphatic heterocycles. The Morgan fingerprint density at radius 2 is 0.818 bits per heavy atom. The number of carbonyl (C=O) groups is 3. The van der Waals surface area contributed by atoms with Crippen LogP contribution in [0.5, 0.6) is 0 Å². The van der Waals surface area contributed by atoms with Gasteiger partial charge in [0.2, 0.25) is 0 Å². The van der Waals surface area contributed by atoms with Crippen LogP contribution >= 0.6 is 0 Å². The highest BCUT2D eigenvalue weighted by Crippen LogP contribution is 2.33. The molecule has 524 valence electrons. The van der Waals surface area contributed by atoms with E-state index in [4.69, 9.17) is 63.8 Å². The molecule has 0 aromatic heterocycles. The van der Waals surface area contributed by atoms with E-state index < -0.39 is 66.5 Å². The molecule has 3 rings (SSSR count). The summed E-state index contributed by atoms with van der Waals surface area (Å²) in [6, 6.07) is 8.42. The molecular formula is C63H138O17Si8. The zero-order chi connectivity index (χ0) is 69.3. The van der Waals surface area contributed by atoms with Crippen molar-refractivity contribution in [3.05, 3.63) is 49.8 Å². The van der Waals surface area contributed by atoms with E-state index >= 15 is 0 Å². The van der Waals surface area contributed by atoms with Crippen molar-refractivity contribution < 1.29 is 78.2 Å². The first kappa shape index (κ1) is 95.2. The number of ether oxygens (including phenoxy) is 7. The van der Waals surface area contributed by atoms with Gasteiger partial charge in [-0.25, -0.2) is 14.4 Å². The highest BCUT2D eigenvalue weighted by atomic mass is 28.4. The normalized spacial score (nSPS) is 16.1. The van der Waals surface area contributed by atoms with Gasteiger partial charge in [-0.1, -0.05) is 52.5 Å². The van der Waals surface area contributed by atoms with Gasteiger partial charge in [0.15, 0.2) is 66.5 Å². The molecule has 3 saturated heterocycles. The molecule has 88 heavy (non-hydrogen) atoms. The lowest BCUT2D eigenvalue weighted by molar-refractivity contribution is -0.139. The Morgan fingerprint density at radius 3 is 1.10 bits per heavy atom. The van der Waals surface area contributed by atoms with Crippen LogP contribution in [0.3, 0.4) is 0 Å². The zero-order valence-electron chi connectivity index (χ0n) is 61.5. The molecule has 3 heterocycles. The van der Waals surface area contributed by atoms with Crippen LogP contribution in [0.4, 0.5) is 0 Å². The van der Waals surface area contributed by atoms with Crippen molar-refractivity contribution in [2.24, 2.45) is 0 Å². The first-order valence-electron chi connectivity index (χ1n) is 32.0. The Kier molecular flexibility index (Phi) is 57.2. The standard InChI is InChI=1S/C10H20O3Si.C9H20O3Si.C9H18O3Si.C9H20O2Si.C8H18O2Si.C8H14O2.C6H16OSi2.C4H12OSi/c1-9(2)10(11)13-7-6-8-14(4,5)12-3;1-10-13(2,3)6-4-5-11-7-9-8-12-9;1-5-9(10)12-7-6-8-13(3,4)11-2;1-10-12(2,3)7-5-4-6-9-8-11-9;1-5-10-7-6-8-11(3,4)9-2;1-4-5-6-10-8(9)7(2)3;1-8(2)5-6-9(3,4)7-8;1-5-6(2,3)4/h1,6-8H2,2-5H3;9H,4-8H2,1-3H3;5H,1,6-8H2,2-4H3;9H,4-8H2,1-3H3;5H,1,6-8H2,2-4H3;2,4-6H2,1,3H3;5-6H2,1-4H3;1-4H3. The van der Waals surface area contributed by atoms with Crippen molar-refractivity contribution in [3.8, 4) is 0 Å². The van der Waals surface area contributed by atoms with E-state index in [1.807, 2.05) is 14.2 Å². The molecule has 0 N–H and O–H groups in total. The summed E-state index contributed by atoms with van der Waals surface area (Å²) in [5.41, 5.74) is 0.921. The quantitative estimate of drug-likeness (QED) is 0.0109. The maximum absolute atomic E-state index is 11.0. The minimum absolute atomic E-state index is 0.284. The molecule has 0 saturated carbocycles. The summed E-state index contributed by atoms with van der Waals surface area (Å²) in [4.78, 5) is 32.3. The van der Waals surface area contributed by atoms with Gasteiger partial charge in [-0.3, -0.25) is 0 Å². The van der Waals surface area contributed by atoms with Crippen LogP contribution in [0.15, 0.2) is 49.8 Å². The summed E-state index contributed by atoms with van der Waals surface area (Å²) in [5.74, 6) is -0.938. The summed E-state index contributed by atoms with van der Waals surface area (Å²) in [7, 11) is 0.410. The highest BCUT2D eigenvalue weighted by Gasteiger charge is 2.40. The molecule has 0 aromatic carbocycles. The van der Waals surface area contributed by atoms with Crippen LogP contribution in [-0.2, 0) is 78.2 Å². The first-order valence-corrected chi connectivity index (χ1v) is 57.2. The molecule has 0 bridgehead atoms. The van der Waals surface area contributed by atoms with Gasteiger partial charge in [-0.15, -0.1) is 0 Å². The second kappa shape index (κ2) is 52.8. The van der Waals surface area contributed by atoms with Crippen LogP contribution < -0.4 is 0 Å². The number of hydrogen-bond acceptors (Lipinski definition) is 17. The third kappa shape index (κ3) is 71.9. The molecule has 25 heteroatoms. The molecule has 3 aliphatic rings. The van der Waals surface area contributed by atoms with E-state index in [1.165, 1.54) is 55.8 Å². The van der Waals surface area contributed by atoms with Gasteiger partial charge in [0.25, 0.3) is 0 Å². The van der Waals surface area contributed by atoms with Crippen LogP contribution in [0, 0.1) is 0 Å². The molecule has 0 radical (unpaired) electrons. The number of epoxide rings is 2. The number of carbonyl (C=O) groups excluding carboxylic acids is 3. The lowest BCUT2D eigenvalue weighted by Gasteiger charge is -2.21. The molecular weight excluding hydrogens is 1250 g/mol.